The first-order chi connectivity index (χ1) is 12.3. The second kappa shape index (κ2) is 8.39. The van der Waals surface area contributed by atoms with Crippen LogP contribution in [0.2, 0.25) is 0 Å². The van der Waals surface area contributed by atoms with E-state index < -0.39 is 11.9 Å². The maximum atomic E-state index is 13.6. The molecule has 0 saturated carbocycles. The number of esters is 2. The standard InChI is InChI=1S/C18H17FN2O4S/c1-10-14(19)5-4-6-15(10)21-18(26)20-13-8-11(16(22)24-2)7-12(9-13)17(23)25-3/h4-9H,1-3H3,(H2,20,21,26). The van der Waals surface area contributed by atoms with E-state index in [1.165, 1.54) is 38.5 Å². The SMILES string of the molecule is COC(=O)c1cc(NC(=S)Nc2cccc(F)c2C)cc(C(=O)OC)c1. The fourth-order valence-electron chi connectivity index (χ4n) is 2.20. The lowest BCUT2D eigenvalue weighted by Crippen LogP contribution is -2.20. The summed E-state index contributed by atoms with van der Waals surface area (Å²) in [7, 11) is 2.47. The molecule has 2 N–H and O–H groups in total. The van der Waals surface area contributed by atoms with Crippen molar-refractivity contribution in [3.8, 4) is 0 Å². The molecule has 8 heteroatoms. The molecule has 0 aliphatic carbocycles. The van der Waals surface area contributed by atoms with Gasteiger partial charge in [-0.1, -0.05) is 6.07 Å². The molecule has 2 rings (SSSR count). The largest absolute Gasteiger partial charge is 0.465 e. The Morgan fingerprint density at radius 2 is 1.58 bits per heavy atom. The van der Waals surface area contributed by atoms with Gasteiger partial charge in [0.15, 0.2) is 5.11 Å². The van der Waals surface area contributed by atoms with E-state index in [0.717, 1.165) is 0 Å². The van der Waals surface area contributed by atoms with Crippen molar-refractivity contribution in [2.24, 2.45) is 0 Å². The van der Waals surface area contributed by atoms with Gasteiger partial charge in [-0.2, -0.15) is 0 Å². The number of anilines is 2. The highest BCUT2D eigenvalue weighted by atomic mass is 32.1. The maximum Gasteiger partial charge on any atom is 0.337 e. The van der Waals surface area contributed by atoms with Gasteiger partial charge >= 0.3 is 11.9 Å². The van der Waals surface area contributed by atoms with Crippen molar-refractivity contribution in [2.75, 3.05) is 24.9 Å². The molecule has 2 aromatic rings. The summed E-state index contributed by atoms with van der Waals surface area (Å²) >= 11 is 5.22. The van der Waals surface area contributed by atoms with Crippen LogP contribution in [-0.2, 0) is 9.47 Å². The van der Waals surface area contributed by atoms with E-state index in [1.54, 1.807) is 19.1 Å². The number of carbonyl (C=O) groups excluding carboxylic acids is 2. The lowest BCUT2D eigenvalue weighted by molar-refractivity contribution is 0.0599. The van der Waals surface area contributed by atoms with Crippen LogP contribution in [0.1, 0.15) is 26.3 Å². The molecule has 0 spiro atoms. The summed E-state index contributed by atoms with van der Waals surface area (Å²) in [4.78, 5) is 23.6. The van der Waals surface area contributed by atoms with Crippen molar-refractivity contribution in [3.05, 3.63) is 58.9 Å². The molecule has 0 heterocycles. The number of thiocarbonyl (C=S) groups is 1. The lowest BCUT2D eigenvalue weighted by atomic mass is 10.1. The Balaban J connectivity index is 2.26. The molecule has 0 bridgehead atoms. The maximum absolute atomic E-state index is 13.6. The fraction of sp³-hybridized carbons (Fsp3) is 0.167. The van der Waals surface area contributed by atoms with Gasteiger partial charge in [0.05, 0.1) is 25.3 Å². The van der Waals surface area contributed by atoms with Gasteiger partial charge < -0.3 is 20.1 Å². The lowest BCUT2D eigenvalue weighted by Gasteiger charge is -2.14. The summed E-state index contributed by atoms with van der Waals surface area (Å²) in [6, 6.07) is 8.89. The van der Waals surface area contributed by atoms with Crippen LogP contribution in [0.15, 0.2) is 36.4 Å². The molecule has 136 valence electrons. The monoisotopic (exact) mass is 376 g/mol. The normalized spacial score (nSPS) is 10.0. The fourth-order valence-corrected chi connectivity index (χ4v) is 2.43. The van der Waals surface area contributed by atoms with Gasteiger partial charge in [0.2, 0.25) is 0 Å². The first-order valence-electron chi connectivity index (χ1n) is 7.50. The molecule has 0 saturated heterocycles. The van der Waals surface area contributed by atoms with Crippen molar-refractivity contribution in [2.45, 2.75) is 6.92 Å². The molecule has 0 aliphatic heterocycles. The summed E-state index contributed by atoms with van der Waals surface area (Å²) < 4.78 is 23.0. The highest BCUT2D eigenvalue weighted by Crippen LogP contribution is 2.20. The number of methoxy groups -OCH3 is 2. The zero-order chi connectivity index (χ0) is 19.3. The molecule has 0 amide bonds. The quantitative estimate of drug-likeness (QED) is 0.624. The van der Waals surface area contributed by atoms with Crippen LogP contribution in [0, 0.1) is 12.7 Å². The molecule has 0 unspecified atom stereocenters. The average molecular weight is 376 g/mol. The molecule has 0 atom stereocenters. The molecular formula is C18H17FN2O4S. The number of ether oxygens (including phenoxy) is 2. The molecule has 2 aromatic carbocycles. The van der Waals surface area contributed by atoms with E-state index in [1.807, 2.05) is 0 Å². The minimum absolute atomic E-state index is 0.155. The third kappa shape index (κ3) is 4.54. The third-order valence-electron chi connectivity index (χ3n) is 3.55. The highest BCUT2D eigenvalue weighted by molar-refractivity contribution is 7.80. The number of rotatable bonds is 4. The smallest absolute Gasteiger partial charge is 0.337 e. The Hall–Kier alpha value is -3.00. The topological polar surface area (TPSA) is 76.7 Å². The molecule has 0 aliphatic rings. The van der Waals surface area contributed by atoms with Gasteiger partial charge in [0.1, 0.15) is 5.82 Å². The van der Waals surface area contributed by atoms with Gasteiger partial charge in [0.25, 0.3) is 0 Å². The van der Waals surface area contributed by atoms with E-state index in [4.69, 9.17) is 12.2 Å². The summed E-state index contributed by atoms with van der Waals surface area (Å²) in [5.41, 5.74) is 1.60. The average Bonchev–Trinajstić information content (AvgIpc) is 2.63. The van der Waals surface area contributed by atoms with Crippen LogP contribution >= 0.6 is 12.2 Å². The Bertz CT molecular complexity index is 836. The molecule has 0 radical (unpaired) electrons. The summed E-state index contributed by atoms with van der Waals surface area (Å²) in [6.45, 7) is 1.62. The number of hydrogen-bond acceptors (Lipinski definition) is 5. The zero-order valence-corrected chi connectivity index (χ0v) is 15.2. The number of benzene rings is 2. The van der Waals surface area contributed by atoms with E-state index >= 15 is 0 Å². The Morgan fingerprint density at radius 3 is 2.12 bits per heavy atom. The summed E-state index contributed by atoms with van der Waals surface area (Å²) in [6.07, 6.45) is 0. The Morgan fingerprint density at radius 1 is 1.00 bits per heavy atom. The van der Waals surface area contributed by atoms with Gasteiger partial charge in [0, 0.05) is 16.9 Å². The van der Waals surface area contributed by atoms with E-state index in [9.17, 15) is 14.0 Å². The number of hydrogen-bond donors (Lipinski definition) is 2. The molecular weight excluding hydrogens is 359 g/mol. The highest BCUT2D eigenvalue weighted by Gasteiger charge is 2.14. The van der Waals surface area contributed by atoms with E-state index in [0.29, 0.717) is 16.9 Å². The molecule has 6 nitrogen and oxygen atoms in total. The predicted molar refractivity (Wildman–Crippen MR) is 100 cm³/mol. The molecule has 26 heavy (non-hydrogen) atoms. The van der Waals surface area contributed by atoms with E-state index in [2.05, 4.69) is 20.1 Å². The van der Waals surface area contributed by atoms with E-state index in [-0.39, 0.29) is 22.1 Å². The van der Waals surface area contributed by atoms with Gasteiger partial charge in [-0.05, 0) is 49.5 Å². The van der Waals surface area contributed by atoms with Crippen molar-refractivity contribution in [1.29, 1.82) is 0 Å². The van der Waals surface area contributed by atoms with Crippen LogP contribution in [0.3, 0.4) is 0 Å². The number of halogens is 1. The minimum atomic E-state index is -0.612. The predicted octanol–water partition coefficient (Wildman–Crippen LogP) is 3.52. The van der Waals surface area contributed by atoms with Crippen molar-refractivity contribution >= 4 is 40.6 Å². The van der Waals surface area contributed by atoms with Crippen LogP contribution in [0.25, 0.3) is 0 Å². The van der Waals surface area contributed by atoms with Gasteiger partial charge in [-0.15, -0.1) is 0 Å². The minimum Gasteiger partial charge on any atom is -0.465 e. The first-order valence-corrected chi connectivity index (χ1v) is 7.91. The van der Waals surface area contributed by atoms with Crippen LogP contribution in [-0.4, -0.2) is 31.3 Å². The van der Waals surface area contributed by atoms with Crippen LogP contribution in [0.5, 0.6) is 0 Å². The number of nitrogens with one attached hydrogen (secondary N) is 2. The van der Waals surface area contributed by atoms with Crippen LogP contribution < -0.4 is 10.6 Å². The first kappa shape index (κ1) is 19.3. The van der Waals surface area contributed by atoms with Crippen molar-refractivity contribution in [3.63, 3.8) is 0 Å². The van der Waals surface area contributed by atoms with Gasteiger partial charge in [-0.25, -0.2) is 14.0 Å². The third-order valence-corrected chi connectivity index (χ3v) is 3.75. The van der Waals surface area contributed by atoms with Crippen molar-refractivity contribution < 1.29 is 23.5 Å². The van der Waals surface area contributed by atoms with Crippen LogP contribution in [0.4, 0.5) is 15.8 Å². The zero-order valence-electron chi connectivity index (χ0n) is 14.4. The summed E-state index contributed by atoms with van der Waals surface area (Å²) in [5, 5.41) is 5.89. The second-order valence-corrected chi connectivity index (χ2v) is 5.68. The molecule has 0 aromatic heterocycles. The Kier molecular flexibility index (Phi) is 6.24. The van der Waals surface area contributed by atoms with Gasteiger partial charge in [-0.3, -0.25) is 0 Å². The Labute approximate surface area is 155 Å². The number of carbonyl (C=O) groups is 2. The molecule has 0 fully saturated rings. The van der Waals surface area contributed by atoms with Crippen molar-refractivity contribution in [1.82, 2.24) is 0 Å². The second-order valence-electron chi connectivity index (χ2n) is 5.27. The summed E-state index contributed by atoms with van der Waals surface area (Å²) in [5.74, 6) is -1.59.